The zero-order valence-corrected chi connectivity index (χ0v) is 15.4. The Morgan fingerprint density at radius 3 is 2.68 bits per heavy atom. The summed E-state index contributed by atoms with van der Waals surface area (Å²) in [7, 11) is -3.72. The van der Waals surface area contributed by atoms with Crippen LogP contribution in [0.5, 0.6) is 0 Å². The van der Waals surface area contributed by atoms with Crippen molar-refractivity contribution in [1.82, 2.24) is 10.2 Å². The van der Waals surface area contributed by atoms with Crippen LogP contribution >= 0.6 is 11.6 Å². The van der Waals surface area contributed by atoms with Gasteiger partial charge in [-0.15, -0.1) is 0 Å². The van der Waals surface area contributed by atoms with E-state index in [4.69, 9.17) is 16.3 Å². The molecule has 0 atom stereocenters. The van der Waals surface area contributed by atoms with Gasteiger partial charge in [-0.25, -0.2) is 12.8 Å². The van der Waals surface area contributed by atoms with Crippen LogP contribution in [0.2, 0.25) is 5.02 Å². The van der Waals surface area contributed by atoms with Crippen molar-refractivity contribution in [2.24, 2.45) is 0 Å². The highest BCUT2D eigenvalue weighted by Gasteiger charge is 2.21. The van der Waals surface area contributed by atoms with Gasteiger partial charge >= 0.3 is 0 Å². The van der Waals surface area contributed by atoms with Crippen molar-refractivity contribution < 1.29 is 22.3 Å². The molecule has 1 aromatic carbocycles. The van der Waals surface area contributed by atoms with Crippen molar-refractivity contribution in [3.05, 3.63) is 29.0 Å². The largest absolute Gasteiger partial charge is 0.379 e. The average molecular weight is 394 g/mol. The van der Waals surface area contributed by atoms with E-state index in [1.165, 1.54) is 12.1 Å². The highest BCUT2D eigenvalue weighted by molar-refractivity contribution is 7.92. The molecular weight excluding hydrogens is 373 g/mol. The van der Waals surface area contributed by atoms with E-state index in [2.05, 4.69) is 10.2 Å². The number of morpholine rings is 1. The molecule has 0 unspecified atom stereocenters. The zero-order chi connectivity index (χ0) is 18.4. The maximum atomic E-state index is 13.3. The summed E-state index contributed by atoms with van der Waals surface area (Å²) >= 11 is 5.70. The van der Waals surface area contributed by atoms with E-state index < -0.39 is 28.3 Å². The molecule has 140 valence electrons. The fourth-order valence-corrected chi connectivity index (χ4v) is 3.43. The van der Waals surface area contributed by atoms with E-state index in [0.29, 0.717) is 26.3 Å². The Morgan fingerprint density at radius 1 is 1.40 bits per heavy atom. The van der Waals surface area contributed by atoms with Crippen molar-refractivity contribution in [2.75, 3.05) is 56.5 Å². The summed E-state index contributed by atoms with van der Waals surface area (Å²) in [6.07, 6.45) is 0.977. The Hall–Kier alpha value is -1.42. The van der Waals surface area contributed by atoms with Crippen LogP contribution in [0.25, 0.3) is 0 Å². The second-order valence-corrected chi connectivity index (χ2v) is 7.99. The number of hydrogen-bond acceptors (Lipinski definition) is 5. The molecule has 0 saturated carbocycles. The summed E-state index contributed by atoms with van der Waals surface area (Å²) in [5, 5.41) is 2.48. The number of carbonyl (C=O) groups excluding carboxylic acids is 1. The summed E-state index contributed by atoms with van der Waals surface area (Å²) < 4.78 is 43.4. The number of amides is 1. The molecule has 1 heterocycles. The molecule has 10 heteroatoms. The fraction of sp³-hybridized carbons (Fsp3) is 0.533. The molecule has 25 heavy (non-hydrogen) atoms. The monoisotopic (exact) mass is 393 g/mol. The van der Waals surface area contributed by atoms with Gasteiger partial charge in [-0.05, 0) is 18.2 Å². The lowest BCUT2D eigenvalue weighted by Gasteiger charge is -2.27. The Bertz CT molecular complexity index is 711. The Balaban J connectivity index is 1.94. The van der Waals surface area contributed by atoms with Crippen molar-refractivity contribution in [3.8, 4) is 0 Å². The fourth-order valence-electron chi connectivity index (χ4n) is 2.40. The standard InChI is InChI=1S/C15H21ClFN3O4S/c1-25(22,23)20(12-2-3-14(17)13(16)10-12)11-15(21)18-4-5-19-6-8-24-9-7-19/h2-3,10H,4-9,11H2,1H3,(H,18,21). The number of hydrogen-bond donors (Lipinski definition) is 1. The third-order valence-electron chi connectivity index (χ3n) is 3.73. The molecule has 2 rings (SSSR count). The third-order valence-corrected chi connectivity index (χ3v) is 5.16. The summed E-state index contributed by atoms with van der Waals surface area (Å²) in [6, 6.07) is 3.51. The van der Waals surface area contributed by atoms with Crippen LogP contribution < -0.4 is 9.62 Å². The molecule has 1 aromatic rings. The first-order valence-corrected chi connectivity index (χ1v) is 9.99. The van der Waals surface area contributed by atoms with Gasteiger partial charge in [-0.1, -0.05) is 11.6 Å². The van der Waals surface area contributed by atoms with Crippen molar-refractivity contribution in [3.63, 3.8) is 0 Å². The lowest BCUT2D eigenvalue weighted by Crippen LogP contribution is -2.44. The number of anilines is 1. The second kappa shape index (κ2) is 8.79. The predicted octanol–water partition coefficient (Wildman–Crippen LogP) is 0.694. The van der Waals surface area contributed by atoms with Crippen LogP contribution in [-0.2, 0) is 19.6 Å². The van der Waals surface area contributed by atoms with Gasteiger partial charge in [-0.3, -0.25) is 14.0 Å². The van der Waals surface area contributed by atoms with Crippen LogP contribution in [0.3, 0.4) is 0 Å². The van der Waals surface area contributed by atoms with Gasteiger partial charge in [0.15, 0.2) is 0 Å². The van der Waals surface area contributed by atoms with Gasteiger partial charge in [0, 0.05) is 26.2 Å². The summed E-state index contributed by atoms with van der Waals surface area (Å²) in [5.41, 5.74) is 0.136. The number of rotatable bonds is 7. The van der Waals surface area contributed by atoms with Gasteiger partial charge in [0.1, 0.15) is 12.4 Å². The van der Waals surface area contributed by atoms with Crippen molar-refractivity contribution in [2.45, 2.75) is 0 Å². The van der Waals surface area contributed by atoms with Crippen LogP contribution in [0.4, 0.5) is 10.1 Å². The predicted molar refractivity (Wildman–Crippen MR) is 93.9 cm³/mol. The maximum absolute atomic E-state index is 13.3. The van der Waals surface area contributed by atoms with Gasteiger partial charge in [0.05, 0.1) is 30.2 Å². The Kier molecular flexibility index (Phi) is 7.00. The first-order valence-electron chi connectivity index (χ1n) is 7.77. The number of ether oxygens (including phenoxy) is 1. The lowest BCUT2D eigenvalue weighted by molar-refractivity contribution is -0.119. The molecule has 0 aliphatic carbocycles. The number of nitrogens with one attached hydrogen (secondary N) is 1. The van der Waals surface area contributed by atoms with Crippen LogP contribution in [0.1, 0.15) is 0 Å². The van der Waals surface area contributed by atoms with Gasteiger partial charge in [0.2, 0.25) is 15.9 Å². The minimum absolute atomic E-state index is 0.136. The van der Waals surface area contributed by atoms with E-state index in [1.807, 2.05) is 0 Å². The smallest absolute Gasteiger partial charge is 0.240 e. The quantitative estimate of drug-likeness (QED) is 0.737. The minimum atomic E-state index is -3.72. The topological polar surface area (TPSA) is 79.0 Å². The number of carbonyl (C=O) groups is 1. The summed E-state index contributed by atoms with van der Waals surface area (Å²) in [6.45, 7) is 3.61. The zero-order valence-electron chi connectivity index (χ0n) is 13.9. The summed E-state index contributed by atoms with van der Waals surface area (Å²) in [5.74, 6) is -1.10. The van der Waals surface area contributed by atoms with E-state index in [1.54, 1.807) is 0 Å². The van der Waals surface area contributed by atoms with Gasteiger partial charge in [0.25, 0.3) is 0 Å². The molecule has 1 amide bonds. The molecule has 1 aliphatic heterocycles. The molecular formula is C15H21ClFN3O4S. The van der Waals surface area contributed by atoms with E-state index in [-0.39, 0.29) is 10.7 Å². The highest BCUT2D eigenvalue weighted by atomic mass is 35.5. The molecule has 0 spiro atoms. The lowest BCUT2D eigenvalue weighted by atomic mass is 10.3. The number of nitrogens with zero attached hydrogens (tertiary/aromatic N) is 2. The molecule has 1 N–H and O–H groups in total. The number of sulfonamides is 1. The van der Waals surface area contributed by atoms with E-state index in [0.717, 1.165) is 29.7 Å². The summed E-state index contributed by atoms with van der Waals surface area (Å²) in [4.78, 5) is 14.3. The van der Waals surface area contributed by atoms with Crippen molar-refractivity contribution in [1.29, 1.82) is 0 Å². The molecule has 0 radical (unpaired) electrons. The third kappa shape index (κ3) is 6.10. The number of benzene rings is 1. The van der Waals surface area contributed by atoms with Gasteiger partial charge in [-0.2, -0.15) is 0 Å². The van der Waals surface area contributed by atoms with Crippen LogP contribution in [0, 0.1) is 5.82 Å². The SMILES string of the molecule is CS(=O)(=O)N(CC(=O)NCCN1CCOCC1)c1ccc(F)c(Cl)c1. The number of halogens is 2. The molecule has 0 bridgehead atoms. The molecule has 1 saturated heterocycles. The average Bonchev–Trinajstić information content (AvgIpc) is 2.55. The Morgan fingerprint density at radius 2 is 2.08 bits per heavy atom. The normalized spacial score (nSPS) is 15.8. The van der Waals surface area contributed by atoms with Crippen LogP contribution in [0.15, 0.2) is 18.2 Å². The van der Waals surface area contributed by atoms with E-state index >= 15 is 0 Å². The molecule has 1 fully saturated rings. The Labute approximate surface area is 151 Å². The second-order valence-electron chi connectivity index (χ2n) is 5.67. The maximum Gasteiger partial charge on any atom is 0.240 e. The van der Waals surface area contributed by atoms with Gasteiger partial charge < -0.3 is 10.1 Å². The highest BCUT2D eigenvalue weighted by Crippen LogP contribution is 2.24. The minimum Gasteiger partial charge on any atom is -0.379 e. The molecule has 1 aliphatic rings. The van der Waals surface area contributed by atoms with E-state index in [9.17, 15) is 17.6 Å². The molecule has 0 aromatic heterocycles. The van der Waals surface area contributed by atoms with Crippen LogP contribution in [-0.4, -0.2) is 71.4 Å². The first kappa shape index (κ1) is 19.9. The first-order chi connectivity index (χ1) is 11.8. The van der Waals surface area contributed by atoms with Crippen molar-refractivity contribution >= 4 is 33.2 Å². The molecule has 7 nitrogen and oxygen atoms in total.